The molecule has 0 saturated heterocycles. The first-order valence-corrected chi connectivity index (χ1v) is 2.43. The van der Waals surface area contributed by atoms with Crippen molar-refractivity contribution < 1.29 is 0 Å². The monoisotopic (exact) mass is 109 g/mol. The molecule has 0 unspecified atom stereocenters. The highest BCUT2D eigenvalue weighted by Gasteiger charge is 2.33. The van der Waals surface area contributed by atoms with Crippen LogP contribution in [0.25, 0.3) is 0 Å². The second kappa shape index (κ2) is 1.57. The standard InChI is InChI=1S/C5H7N3/c1-2-3-4-5(6)7-8-5/h1H,3-4,6H2. The summed E-state index contributed by atoms with van der Waals surface area (Å²) in [7, 11) is 0. The van der Waals surface area contributed by atoms with Crippen LogP contribution in [0.4, 0.5) is 0 Å². The maximum atomic E-state index is 5.40. The molecule has 42 valence electrons. The Kier molecular flexibility index (Phi) is 1.03. The van der Waals surface area contributed by atoms with E-state index >= 15 is 0 Å². The Balaban J connectivity index is 2.14. The largest absolute Gasteiger partial charge is 0.286 e. The fraction of sp³-hybridized carbons (Fsp3) is 0.600. The molecule has 3 nitrogen and oxygen atoms in total. The van der Waals surface area contributed by atoms with Crippen molar-refractivity contribution in [3.8, 4) is 12.3 Å². The molecule has 2 N–H and O–H groups in total. The fourth-order valence-corrected chi connectivity index (χ4v) is 0.420. The van der Waals surface area contributed by atoms with Gasteiger partial charge in [0.2, 0.25) is 5.79 Å². The molecule has 1 rings (SSSR count). The summed E-state index contributed by atoms with van der Waals surface area (Å²) in [5.74, 6) is 1.87. The van der Waals surface area contributed by atoms with E-state index in [1.807, 2.05) is 0 Å². The Morgan fingerprint density at radius 3 is 2.62 bits per heavy atom. The first kappa shape index (κ1) is 5.26. The average Bonchev–Trinajstić information content (AvgIpc) is 2.45. The van der Waals surface area contributed by atoms with Gasteiger partial charge in [-0.1, -0.05) is 0 Å². The predicted octanol–water partition coefficient (Wildman–Crippen LogP) is 0.478. The van der Waals surface area contributed by atoms with Gasteiger partial charge in [0.15, 0.2) is 0 Å². The Hall–Kier alpha value is -0.880. The smallest absolute Gasteiger partial charge is 0.241 e. The van der Waals surface area contributed by atoms with E-state index in [4.69, 9.17) is 12.2 Å². The SMILES string of the molecule is C#CCCC1(N)N=N1. The van der Waals surface area contributed by atoms with Crippen LogP contribution in [0, 0.1) is 12.3 Å². The van der Waals surface area contributed by atoms with Gasteiger partial charge in [-0.15, -0.1) is 22.6 Å². The van der Waals surface area contributed by atoms with E-state index in [-0.39, 0.29) is 0 Å². The van der Waals surface area contributed by atoms with Crippen molar-refractivity contribution >= 4 is 0 Å². The molecular formula is C5H7N3. The second-order valence-electron chi connectivity index (χ2n) is 1.78. The van der Waals surface area contributed by atoms with Gasteiger partial charge in [0.1, 0.15) is 0 Å². The Labute approximate surface area is 48.0 Å². The molecule has 0 aliphatic carbocycles. The minimum atomic E-state index is -0.591. The van der Waals surface area contributed by atoms with Gasteiger partial charge < -0.3 is 0 Å². The van der Waals surface area contributed by atoms with Crippen molar-refractivity contribution in [2.75, 3.05) is 0 Å². The van der Waals surface area contributed by atoms with Crippen LogP contribution < -0.4 is 5.73 Å². The van der Waals surface area contributed by atoms with E-state index in [0.29, 0.717) is 12.8 Å². The first-order valence-electron chi connectivity index (χ1n) is 2.43. The molecule has 0 aromatic carbocycles. The van der Waals surface area contributed by atoms with E-state index in [9.17, 15) is 0 Å². The number of nitrogens with two attached hydrogens (primary N) is 1. The van der Waals surface area contributed by atoms with Gasteiger partial charge >= 0.3 is 0 Å². The molecular weight excluding hydrogens is 102 g/mol. The van der Waals surface area contributed by atoms with Crippen molar-refractivity contribution in [1.82, 2.24) is 0 Å². The van der Waals surface area contributed by atoms with E-state index < -0.39 is 5.79 Å². The normalized spacial score (nSPS) is 20.0. The molecule has 1 aliphatic rings. The lowest BCUT2D eigenvalue weighted by Gasteiger charge is -1.95. The third kappa shape index (κ3) is 1.04. The lowest BCUT2D eigenvalue weighted by Crippen LogP contribution is -2.22. The van der Waals surface area contributed by atoms with E-state index in [2.05, 4.69) is 16.1 Å². The number of hydrogen-bond acceptors (Lipinski definition) is 3. The Bertz CT molecular complexity index is 148. The zero-order valence-corrected chi connectivity index (χ0v) is 4.46. The van der Waals surface area contributed by atoms with Crippen LogP contribution in [0.3, 0.4) is 0 Å². The van der Waals surface area contributed by atoms with Crippen molar-refractivity contribution in [3.05, 3.63) is 0 Å². The minimum absolute atomic E-state index is 0.591. The Morgan fingerprint density at radius 1 is 1.62 bits per heavy atom. The summed E-state index contributed by atoms with van der Waals surface area (Å²) >= 11 is 0. The Morgan fingerprint density at radius 2 is 2.25 bits per heavy atom. The molecule has 0 aromatic rings. The van der Waals surface area contributed by atoms with Crippen molar-refractivity contribution in [1.29, 1.82) is 0 Å². The van der Waals surface area contributed by atoms with Crippen LogP contribution in [0.5, 0.6) is 0 Å². The van der Waals surface area contributed by atoms with E-state index in [1.165, 1.54) is 0 Å². The highest BCUT2D eigenvalue weighted by Crippen LogP contribution is 2.25. The third-order valence-electron chi connectivity index (χ3n) is 0.994. The summed E-state index contributed by atoms with van der Waals surface area (Å²) in [5, 5.41) is 7.16. The van der Waals surface area contributed by atoms with Crippen LogP contribution in [0.1, 0.15) is 12.8 Å². The second-order valence-corrected chi connectivity index (χ2v) is 1.78. The molecule has 1 aliphatic heterocycles. The van der Waals surface area contributed by atoms with Crippen molar-refractivity contribution in [3.63, 3.8) is 0 Å². The number of terminal acetylenes is 1. The van der Waals surface area contributed by atoms with Gasteiger partial charge in [0, 0.05) is 12.8 Å². The topological polar surface area (TPSA) is 50.7 Å². The summed E-state index contributed by atoms with van der Waals surface area (Å²) in [6.45, 7) is 0. The van der Waals surface area contributed by atoms with Crippen LogP contribution in [0.15, 0.2) is 10.2 Å². The molecule has 0 aromatic heterocycles. The summed E-state index contributed by atoms with van der Waals surface area (Å²) in [5.41, 5.74) is 5.40. The molecule has 1 heterocycles. The van der Waals surface area contributed by atoms with Gasteiger partial charge in [-0.3, -0.25) is 5.73 Å². The summed E-state index contributed by atoms with van der Waals surface area (Å²) in [6, 6.07) is 0. The molecule has 0 amide bonds. The lowest BCUT2D eigenvalue weighted by atomic mass is 10.2. The van der Waals surface area contributed by atoms with Crippen LogP contribution >= 0.6 is 0 Å². The van der Waals surface area contributed by atoms with Gasteiger partial charge in [-0.25, -0.2) is 0 Å². The van der Waals surface area contributed by atoms with Crippen LogP contribution in [-0.2, 0) is 0 Å². The summed E-state index contributed by atoms with van der Waals surface area (Å²) < 4.78 is 0. The molecule has 8 heavy (non-hydrogen) atoms. The molecule has 0 fully saturated rings. The van der Waals surface area contributed by atoms with Gasteiger partial charge in [0.25, 0.3) is 0 Å². The van der Waals surface area contributed by atoms with Crippen LogP contribution in [-0.4, -0.2) is 5.79 Å². The minimum Gasteiger partial charge on any atom is -0.286 e. The zero-order valence-electron chi connectivity index (χ0n) is 4.46. The third-order valence-corrected chi connectivity index (χ3v) is 0.994. The maximum Gasteiger partial charge on any atom is 0.241 e. The number of nitrogens with zero attached hydrogens (tertiary/aromatic N) is 2. The van der Waals surface area contributed by atoms with Gasteiger partial charge in [-0.2, -0.15) is 0 Å². The predicted molar refractivity (Wildman–Crippen MR) is 29.8 cm³/mol. The highest BCUT2D eigenvalue weighted by molar-refractivity contribution is 4.93. The first-order chi connectivity index (χ1) is 3.77. The zero-order chi connectivity index (χ0) is 6.04. The quantitative estimate of drug-likeness (QED) is 0.515. The maximum absolute atomic E-state index is 5.40. The van der Waals surface area contributed by atoms with Gasteiger partial charge in [0.05, 0.1) is 0 Å². The molecule has 0 spiro atoms. The molecule has 0 saturated carbocycles. The summed E-state index contributed by atoms with van der Waals surface area (Å²) in [6.07, 6.45) is 6.31. The fourth-order valence-electron chi connectivity index (χ4n) is 0.420. The average molecular weight is 109 g/mol. The van der Waals surface area contributed by atoms with Gasteiger partial charge in [-0.05, 0) is 0 Å². The van der Waals surface area contributed by atoms with Crippen molar-refractivity contribution in [2.24, 2.45) is 16.0 Å². The summed E-state index contributed by atoms with van der Waals surface area (Å²) in [4.78, 5) is 0. The molecule has 0 radical (unpaired) electrons. The highest BCUT2D eigenvalue weighted by atomic mass is 15.5. The van der Waals surface area contributed by atoms with E-state index in [0.717, 1.165) is 0 Å². The molecule has 0 atom stereocenters. The molecule has 0 bridgehead atoms. The lowest BCUT2D eigenvalue weighted by molar-refractivity contribution is 0.584. The number of rotatable bonds is 2. The van der Waals surface area contributed by atoms with Crippen LogP contribution in [0.2, 0.25) is 0 Å². The van der Waals surface area contributed by atoms with Crippen molar-refractivity contribution in [2.45, 2.75) is 18.6 Å². The molecule has 3 heteroatoms. The number of hydrogen-bond donors (Lipinski definition) is 1. The van der Waals surface area contributed by atoms with E-state index in [1.54, 1.807) is 0 Å².